The molecule has 1 aliphatic carbocycles. The van der Waals surface area contributed by atoms with Crippen LogP contribution in [0.25, 0.3) is 0 Å². The summed E-state index contributed by atoms with van der Waals surface area (Å²) in [5, 5.41) is 11.6. The zero-order valence-corrected chi connectivity index (χ0v) is 10.5. The molecule has 104 valence electrons. The number of hydrogen-bond acceptors (Lipinski definition) is 3. The van der Waals surface area contributed by atoms with Gasteiger partial charge in [0.1, 0.15) is 17.5 Å². The number of amides is 1. The zero-order chi connectivity index (χ0) is 14.3. The second-order valence-electron chi connectivity index (χ2n) is 4.94. The predicted molar refractivity (Wildman–Crippen MR) is 65.7 cm³/mol. The van der Waals surface area contributed by atoms with Crippen molar-refractivity contribution in [1.82, 2.24) is 5.32 Å². The van der Waals surface area contributed by atoms with E-state index in [-0.39, 0.29) is 6.54 Å². The Labute approximate surface area is 114 Å². The quantitative estimate of drug-likeness (QED) is 0.572. The van der Waals surface area contributed by atoms with Gasteiger partial charge >= 0.3 is 5.97 Å². The minimum Gasteiger partial charge on any atom is -0.492 e. The van der Waals surface area contributed by atoms with Crippen LogP contribution in [0.4, 0.5) is 4.39 Å². The fourth-order valence-corrected chi connectivity index (χ4v) is 2.73. The van der Waals surface area contributed by atoms with Gasteiger partial charge in [0.25, 0.3) is 0 Å². The van der Waals surface area contributed by atoms with Crippen molar-refractivity contribution in [2.24, 2.45) is 17.8 Å². The summed E-state index contributed by atoms with van der Waals surface area (Å²) >= 11 is 0. The highest BCUT2D eigenvalue weighted by molar-refractivity contribution is 5.99. The van der Waals surface area contributed by atoms with E-state index < -0.39 is 35.5 Å². The number of carbonyl (C=O) groups excluding carboxylic acids is 1. The Bertz CT molecular complexity index is 610. The number of rotatable bonds is 2. The van der Waals surface area contributed by atoms with Crippen molar-refractivity contribution in [1.29, 1.82) is 0 Å². The van der Waals surface area contributed by atoms with E-state index in [4.69, 9.17) is 9.84 Å². The van der Waals surface area contributed by atoms with Gasteiger partial charge in [0.05, 0.1) is 12.5 Å². The van der Waals surface area contributed by atoms with Gasteiger partial charge in [0.15, 0.2) is 0 Å². The molecule has 3 rings (SSSR count). The van der Waals surface area contributed by atoms with Crippen LogP contribution in [0.15, 0.2) is 23.2 Å². The third-order valence-electron chi connectivity index (χ3n) is 3.77. The zero-order valence-electron chi connectivity index (χ0n) is 10.5. The summed E-state index contributed by atoms with van der Waals surface area (Å²) in [7, 11) is 0. The highest BCUT2D eigenvalue weighted by atomic mass is 19.1. The first-order chi connectivity index (χ1) is 9.58. The van der Waals surface area contributed by atoms with E-state index in [0.29, 0.717) is 18.8 Å². The molecule has 2 aliphatic heterocycles. The molecule has 6 heteroatoms. The van der Waals surface area contributed by atoms with Gasteiger partial charge in [-0.05, 0) is 0 Å². The molecule has 0 saturated carbocycles. The van der Waals surface area contributed by atoms with Crippen LogP contribution < -0.4 is 5.32 Å². The topological polar surface area (TPSA) is 75.6 Å². The molecule has 1 fully saturated rings. The first kappa shape index (κ1) is 12.7. The lowest BCUT2D eigenvalue weighted by molar-refractivity contribution is -0.147. The summed E-state index contributed by atoms with van der Waals surface area (Å²) in [6.45, 7) is 0.594. The van der Waals surface area contributed by atoms with Gasteiger partial charge in [-0.2, -0.15) is 0 Å². The molecule has 1 amide bonds. The van der Waals surface area contributed by atoms with E-state index in [2.05, 4.69) is 17.2 Å². The average Bonchev–Trinajstić information content (AvgIpc) is 2.94. The Morgan fingerprint density at radius 1 is 1.55 bits per heavy atom. The number of nitrogens with one attached hydrogen (secondary N) is 1. The van der Waals surface area contributed by atoms with Crippen LogP contribution in [0.2, 0.25) is 0 Å². The summed E-state index contributed by atoms with van der Waals surface area (Å²) in [6, 6.07) is 0. The minimum absolute atomic E-state index is 0.113. The van der Waals surface area contributed by atoms with Crippen molar-refractivity contribution in [3.8, 4) is 11.8 Å². The number of carboxylic acids is 1. The fraction of sp³-hybridized carbons (Fsp3) is 0.429. The molecule has 0 aromatic heterocycles. The van der Waals surface area contributed by atoms with Gasteiger partial charge in [-0.25, -0.2) is 4.39 Å². The average molecular weight is 277 g/mol. The van der Waals surface area contributed by atoms with Crippen molar-refractivity contribution < 1.29 is 23.8 Å². The molecule has 2 heterocycles. The highest BCUT2D eigenvalue weighted by Crippen LogP contribution is 2.35. The van der Waals surface area contributed by atoms with E-state index in [1.54, 1.807) is 0 Å². The van der Waals surface area contributed by atoms with E-state index in [9.17, 15) is 14.0 Å². The van der Waals surface area contributed by atoms with Crippen molar-refractivity contribution in [3.05, 3.63) is 23.2 Å². The van der Waals surface area contributed by atoms with Gasteiger partial charge in [0, 0.05) is 30.5 Å². The first-order valence-corrected chi connectivity index (χ1v) is 6.33. The van der Waals surface area contributed by atoms with Gasteiger partial charge in [-0.15, -0.1) is 0 Å². The van der Waals surface area contributed by atoms with Crippen molar-refractivity contribution in [2.75, 3.05) is 13.2 Å². The lowest BCUT2D eigenvalue weighted by Crippen LogP contribution is -2.30. The van der Waals surface area contributed by atoms with Crippen LogP contribution in [0.1, 0.15) is 6.42 Å². The van der Waals surface area contributed by atoms with Crippen molar-refractivity contribution >= 4 is 11.9 Å². The van der Waals surface area contributed by atoms with Crippen LogP contribution >= 0.6 is 0 Å². The van der Waals surface area contributed by atoms with Gasteiger partial charge in [0.2, 0.25) is 5.91 Å². The second-order valence-corrected chi connectivity index (χ2v) is 4.94. The van der Waals surface area contributed by atoms with Crippen LogP contribution in [-0.4, -0.2) is 30.1 Å². The maximum atomic E-state index is 14.3. The summed E-state index contributed by atoms with van der Waals surface area (Å²) in [5.41, 5.74) is 0.729. The standard InChI is InChI=1S/C14H12FNO4/c15-10-5-11-7(3-4-20-11)1-2-8(10)9-6-16-13(17)12(9)14(18)19/h5,8-9,12H,3-4,6H2,(H,16,17)(H,18,19)/t8?,9?,12-/m0/s1. The molecule has 0 aromatic rings. The van der Waals surface area contributed by atoms with Crippen LogP contribution in [0.3, 0.4) is 0 Å². The molecule has 0 bridgehead atoms. The highest BCUT2D eigenvalue weighted by Gasteiger charge is 2.45. The Morgan fingerprint density at radius 2 is 2.35 bits per heavy atom. The monoisotopic (exact) mass is 277 g/mol. The molecule has 0 spiro atoms. The lowest BCUT2D eigenvalue weighted by atomic mass is 9.83. The molecule has 0 aromatic carbocycles. The van der Waals surface area contributed by atoms with E-state index in [1.807, 2.05) is 0 Å². The Morgan fingerprint density at radius 3 is 3.10 bits per heavy atom. The molecule has 3 atom stereocenters. The van der Waals surface area contributed by atoms with E-state index >= 15 is 0 Å². The molecule has 0 radical (unpaired) electrons. The first-order valence-electron chi connectivity index (χ1n) is 6.33. The number of hydrogen-bond donors (Lipinski definition) is 2. The molecule has 2 unspecified atom stereocenters. The van der Waals surface area contributed by atoms with Gasteiger partial charge in [-0.3, -0.25) is 9.59 Å². The summed E-state index contributed by atoms with van der Waals surface area (Å²) < 4.78 is 19.5. The molecule has 2 N–H and O–H groups in total. The third kappa shape index (κ3) is 1.95. The predicted octanol–water partition coefficient (Wildman–Crippen LogP) is 0.594. The molecular weight excluding hydrogens is 265 g/mol. The van der Waals surface area contributed by atoms with Crippen molar-refractivity contribution in [3.63, 3.8) is 0 Å². The number of carboxylic acid groups (broad SMARTS) is 1. The molecule has 5 nitrogen and oxygen atoms in total. The molecule has 3 aliphatic rings. The van der Waals surface area contributed by atoms with Gasteiger partial charge < -0.3 is 15.2 Å². The molecule has 1 saturated heterocycles. The third-order valence-corrected chi connectivity index (χ3v) is 3.77. The summed E-state index contributed by atoms with van der Waals surface area (Å²) in [5.74, 6) is 0.793. The number of ether oxygens (including phenoxy) is 1. The second kappa shape index (κ2) is 4.67. The Balaban J connectivity index is 1.92. The molecule has 20 heavy (non-hydrogen) atoms. The lowest BCUT2D eigenvalue weighted by Gasteiger charge is -2.18. The van der Waals surface area contributed by atoms with Crippen molar-refractivity contribution in [2.45, 2.75) is 6.42 Å². The summed E-state index contributed by atoms with van der Waals surface area (Å²) in [6.07, 6.45) is 1.88. The van der Waals surface area contributed by atoms with Crippen LogP contribution in [-0.2, 0) is 14.3 Å². The Kier molecular flexibility index (Phi) is 2.97. The van der Waals surface area contributed by atoms with Gasteiger partial charge in [-0.1, -0.05) is 11.8 Å². The largest absolute Gasteiger partial charge is 0.492 e. The van der Waals surface area contributed by atoms with E-state index in [1.165, 1.54) is 6.08 Å². The smallest absolute Gasteiger partial charge is 0.316 e. The Hall–Kier alpha value is -2.29. The number of halogens is 1. The number of allylic oxidation sites excluding steroid dienone is 2. The maximum absolute atomic E-state index is 14.3. The molecular formula is C14H12FNO4. The van der Waals surface area contributed by atoms with Crippen LogP contribution in [0, 0.1) is 29.6 Å². The summed E-state index contributed by atoms with van der Waals surface area (Å²) in [4.78, 5) is 22.7. The normalized spacial score (nSPS) is 31.6. The number of aliphatic carboxylic acids is 1. The fourth-order valence-electron chi connectivity index (χ4n) is 2.73. The minimum atomic E-state index is -1.26. The van der Waals surface area contributed by atoms with Crippen LogP contribution in [0.5, 0.6) is 0 Å². The van der Waals surface area contributed by atoms with E-state index in [0.717, 1.165) is 5.57 Å². The SMILES string of the molecule is O=C(O)[C@@H]1C(=O)NCC1C1C#CC2=C(C=C1F)OCC2. The number of carbonyl (C=O) groups is 2. The maximum Gasteiger partial charge on any atom is 0.316 e.